The normalized spacial score (nSPS) is 17.8. The molecule has 1 aliphatic carbocycles. The number of nitrogens with zero attached hydrogens (tertiary/aromatic N) is 2. The van der Waals surface area contributed by atoms with Crippen molar-refractivity contribution in [1.82, 2.24) is 9.80 Å². The van der Waals surface area contributed by atoms with Gasteiger partial charge in [0.2, 0.25) is 0 Å². The number of aryl methyl sites for hydroxylation is 2. The second-order valence-electron chi connectivity index (χ2n) is 11.4. The lowest BCUT2D eigenvalue weighted by atomic mass is 9.67. The van der Waals surface area contributed by atoms with Crippen LogP contribution in [-0.4, -0.2) is 76.5 Å². The van der Waals surface area contributed by atoms with Crippen LogP contribution < -0.4 is 0 Å². The maximum Gasteiger partial charge on any atom is 0.0713 e. The van der Waals surface area contributed by atoms with E-state index in [1.54, 1.807) is 0 Å². The first-order chi connectivity index (χ1) is 20.0. The Kier molecular flexibility index (Phi) is 9.68. The van der Waals surface area contributed by atoms with Crippen molar-refractivity contribution in [2.45, 2.75) is 19.3 Å². The van der Waals surface area contributed by atoms with Gasteiger partial charge in [-0.2, -0.15) is 0 Å². The molecule has 3 aliphatic rings. The third kappa shape index (κ3) is 6.47. The smallest absolute Gasteiger partial charge is 0.0713 e. The maximum atomic E-state index is 5.10. The van der Waals surface area contributed by atoms with Crippen LogP contribution in [0.2, 0.25) is 0 Å². The van der Waals surface area contributed by atoms with Gasteiger partial charge in [-0.3, -0.25) is 0 Å². The first kappa shape index (κ1) is 29.2. The van der Waals surface area contributed by atoms with Crippen LogP contribution in [0.1, 0.15) is 33.4 Å². The summed E-state index contributed by atoms with van der Waals surface area (Å²) >= 11 is 0. The first-order valence-corrected chi connectivity index (χ1v) is 14.9. The summed E-state index contributed by atoms with van der Waals surface area (Å²) in [6.07, 6.45) is 0. The zero-order valence-electron chi connectivity index (χ0n) is 25.1. The van der Waals surface area contributed by atoms with Crippen molar-refractivity contribution in [2.24, 2.45) is 0 Å². The zero-order chi connectivity index (χ0) is 28.7. The van der Waals surface area contributed by atoms with E-state index in [0.29, 0.717) is 0 Å². The monoisotopic (exact) mass is 548 g/mol. The van der Waals surface area contributed by atoms with Gasteiger partial charge in [0.15, 0.2) is 0 Å². The second-order valence-corrected chi connectivity index (χ2v) is 11.4. The average molecular weight is 549 g/mol. The van der Waals surface area contributed by atoms with Gasteiger partial charge in [-0.05, 0) is 61.3 Å². The van der Waals surface area contributed by atoms with Crippen molar-refractivity contribution in [3.63, 3.8) is 0 Å². The van der Waals surface area contributed by atoms with E-state index in [2.05, 4.69) is 135 Å². The molecule has 2 heterocycles. The van der Waals surface area contributed by atoms with Crippen LogP contribution in [-0.2, 0) is 14.9 Å². The highest BCUT2D eigenvalue weighted by Crippen LogP contribution is 2.56. The number of benzene rings is 4. The molecule has 0 atom stereocenters. The van der Waals surface area contributed by atoms with Crippen molar-refractivity contribution in [3.05, 3.63) is 130 Å². The summed E-state index contributed by atoms with van der Waals surface area (Å²) in [6, 6.07) is 35.7. The number of hydrogen-bond acceptors (Lipinski definition) is 4. The van der Waals surface area contributed by atoms with Crippen molar-refractivity contribution >= 4 is 0 Å². The molecule has 4 aromatic rings. The van der Waals surface area contributed by atoms with Crippen molar-refractivity contribution in [1.29, 1.82) is 0 Å². The minimum absolute atomic E-state index is 0.273. The lowest BCUT2D eigenvalue weighted by Crippen LogP contribution is -2.32. The maximum absolute atomic E-state index is 5.10. The fourth-order valence-electron chi connectivity index (χ4n) is 6.03. The fraction of sp³-hybridized carbons (Fsp3) is 0.351. The number of hydrogen-bond donors (Lipinski definition) is 0. The van der Waals surface area contributed by atoms with Crippen LogP contribution in [0.3, 0.4) is 0 Å². The standard InChI is InChI=1S/C27H22.2C5H11NO/c1-19-13-15-23-24-16-14-20(2)18-26(24)27(25(23)17-19,21-9-5-3-6-10-21)22-11-7-4-8-12-22;2*1-6-2-4-7-5-3-6/h3-18H,1-2H3;2*2-5H2,1H3. The second kappa shape index (κ2) is 13.6. The molecule has 4 aromatic carbocycles. The Hall–Kier alpha value is -3.28. The summed E-state index contributed by atoms with van der Waals surface area (Å²) in [7, 11) is 4.23. The van der Waals surface area contributed by atoms with Gasteiger partial charge in [0.05, 0.1) is 31.8 Å². The predicted molar refractivity (Wildman–Crippen MR) is 170 cm³/mol. The summed E-state index contributed by atoms with van der Waals surface area (Å²) in [5, 5.41) is 0. The van der Waals surface area contributed by atoms with Gasteiger partial charge < -0.3 is 19.3 Å². The Labute approximate surface area is 246 Å². The van der Waals surface area contributed by atoms with E-state index in [-0.39, 0.29) is 5.41 Å². The molecule has 0 saturated carbocycles. The largest absolute Gasteiger partial charge is 0.379 e. The number of likely N-dealkylation sites (N-methyl/N-ethyl adjacent to an activating group) is 2. The molecule has 0 aromatic heterocycles. The van der Waals surface area contributed by atoms with E-state index >= 15 is 0 Å². The van der Waals surface area contributed by atoms with Gasteiger partial charge in [-0.25, -0.2) is 0 Å². The average Bonchev–Trinajstić information content (AvgIpc) is 3.29. The van der Waals surface area contributed by atoms with E-state index in [1.165, 1.54) is 44.5 Å². The Bertz CT molecular complexity index is 1280. The Balaban J connectivity index is 0.000000197. The van der Waals surface area contributed by atoms with E-state index in [4.69, 9.17) is 9.47 Å². The number of fused-ring (bicyclic) bond motifs is 3. The highest BCUT2D eigenvalue weighted by Gasteiger charge is 2.46. The van der Waals surface area contributed by atoms with Gasteiger partial charge >= 0.3 is 0 Å². The van der Waals surface area contributed by atoms with Crippen LogP contribution >= 0.6 is 0 Å². The minimum Gasteiger partial charge on any atom is -0.379 e. The molecule has 0 radical (unpaired) electrons. The SMILES string of the molecule is CN1CCOCC1.CN1CCOCC1.Cc1ccc2c(c1)C(c1ccccc1)(c1ccccc1)c1cc(C)ccc1-2. The molecule has 2 aliphatic heterocycles. The lowest BCUT2D eigenvalue weighted by Gasteiger charge is -2.34. The number of morpholine rings is 2. The molecule has 0 amide bonds. The van der Waals surface area contributed by atoms with Crippen molar-refractivity contribution < 1.29 is 9.47 Å². The van der Waals surface area contributed by atoms with Crippen LogP contribution in [0, 0.1) is 13.8 Å². The summed E-state index contributed by atoms with van der Waals surface area (Å²) < 4.78 is 10.2. The molecule has 0 spiro atoms. The summed E-state index contributed by atoms with van der Waals surface area (Å²) in [6.45, 7) is 12.4. The summed E-state index contributed by atoms with van der Waals surface area (Å²) in [5.74, 6) is 0. The fourth-order valence-corrected chi connectivity index (χ4v) is 6.03. The molecular weight excluding hydrogens is 504 g/mol. The molecule has 4 nitrogen and oxygen atoms in total. The molecule has 2 saturated heterocycles. The first-order valence-electron chi connectivity index (χ1n) is 14.9. The topological polar surface area (TPSA) is 24.9 Å². The van der Waals surface area contributed by atoms with Gasteiger partial charge in [0, 0.05) is 26.2 Å². The molecule has 41 heavy (non-hydrogen) atoms. The Morgan fingerprint density at radius 2 is 0.878 bits per heavy atom. The number of ether oxygens (including phenoxy) is 2. The molecule has 0 unspecified atom stereocenters. The highest BCUT2D eigenvalue weighted by molar-refractivity contribution is 5.86. The van der Waals surface area contributed by atoms with Gasteiger partial charge in [-0.1, -0.05) is 108 Å². The van der Waals surface area contributed by atoms with Gasteiger partial charge in [-0.15, -0.1) is 0 Å². The molecule has 214 valence electrons. The Morgan fingerprint density at radius 3 is 1.20 bits per heavy atom. The van der Waals surface area contributed by atoms with Crippen LogP contribution in [0.4, 0.5) is 0 Å². The molecule has 2 fully saturated rings. The lowest BCUT2D eigenvalue weighted by molar-refractivity contribution is 0.0502. The van der Waals surface area contributed by atoms with Gasteiger partial charge in [0.25, 0.3) is 0 Å². The van der Waals surface area contributed by atoms with Crippen molar-refractivity contribution in [3.8, 4) is 11.1 Å². The molecule has 0 bridgehead atoms. The molecule has 7 rings (SSSR count). The summed E-state index contributed by atoms with van der Waals surface area (Å²) in [5.41, 5.74) is 10.5. The van der Waals surface area contributed by atoms with E-state index in [9.17, 15) is 0 Å². The van der Waals surface area contributed by atoms with Crippen LogP contribution in [0.15, 0.2) is 97.1 Å². The quantitative estimate of drug-likeness (QED) is 0.249. The predicted octanol–water partition coefficient (Wildman–Crippen LogP) is 6.56. The molecule has 0 N–H and O–H groups in total. The Morgan fingerprint density at radius 1 is 0.512 bits per heavy atom. The van der Waals surface area contributed by atoms with Crippen molar-refractivity contribution in [2.75, 3.05) is 66.7 Å². The van der Waals surface area contributed by atoms with Gasteiger partial charge in [0.1, 0.15) is 0 Å². The third-order valence-corrected chi connectivity index (χ3v) is 8.33. The summed E-state index contributed by atoms with van der Waals surface area (Å²) in [4.78, 5) is 4.53. The highest BCUT2D eigenvalue weighted by atomic mass is 16.5. The zero-order valence-corrected chi connectivity index (χ0v) is 25.1. The van der Waals surface area contributed by atoms with Crippen LogP contribution in [0.25, 0.3) is 11.1 Å². The third-order valence-electron chi connectivity index (χ3n) is 8.33. The molecular formula is C37H44N2O2. The number of rotatable bonds is 2. The van der Waals surface area contributed by atoms with E-state index < -0.39 is 0 Å². The molecule has 4 heteroatoms. The van der Waals surface area contributed by atoms with E-state index in [0.717, 1.165) is 52.6 Å². The minimum atomic E-state index is -0.273. The van der Waals surface area contributed by atoms with E-state index in [1.807, 2.05) is 0 Å². The van der Waals surface area contributed by atoms with Crippen LogP contribution in [0.5, 0.6) is 0 Å².